The van der Waals surface area contributed by atoms with Crippen LogP contribution in [0.5, 0.6) is 11.6 Å². The van der Waals surface area contributed by atoms with E-state index in [0.29, 0.717) is 14.9 Å². The smallest absolute Gasteiger partial charge is 0.238 e. The van der Waals surface area contributed by atoms with Crippen LogP contribution in [0.2, 0.25) is 0 Å². The van der Waals surface area contributed by atoms with E-state index in [2.05, 4.69) is 47.1 Å². The van der Waals surface area contributed by atoms with E-state index in [1.54, 1.807) is 13.1 Å². The summed E-state index contributed by atoms with van der Waals surface area (Å²) in [6, 6.07) is 4.53. The van der Waals surface area contributed by atoms with Gasteiger partial charge in [-0.1, -0.05) is 15.9 Å². The number of nitrogens with zero attached hydrogens (tertiary/aromatic N) is 2. The summed E-state index contributed by atoms with van der Waals surface area (Å²) in [6.45, 7) is 0. The van der Waals surface area contributed by atoms with Gasteiger partial charge in [0.05, 0.1) is 10.7 Å². The van der Waals surface area contributed by atoms with Crippen molar-refractivity contribution in [3.63, 3.8) is 0 Å². The van der Waals surface area contributed by atoms with E-state index in [4.69, 9.17) is 4.74 Å². The van der Waals surface area contributed by atoms with Crippen LogP contribution >= 0.6 is 31.9 Å². The van der Waals surface area contributed by atoms with Crippen LogP contribution in [0, 0.1) is 5.82 Å². The molecule has 1 N–H and O–H groups in total. The topological polar surface area (TPSA) is 47.0 Å². The second-order valence-electron chi connectivity index (χ2n) is 3.27. The van der Waals surface area contributed by atoms with Crippen LogP contribution in [-0.4, -0.2) is 17.0 Å². The van der Waals surface area contributed by atoms with E-state index in [1.165, 1.54) is 18.3 Å². The second-order valence-corrected chi connectivity index (χ2v) is 5.04. The van der Waals surface area contributed by atoms with Crippen LogP contribution in [-0.2, 0) is 0 Å². The fourth-order valence-corrected chi connectivity index (χ4v) is 1.81. The number of ether oxygens (including phenoxy) is 1. The molecular formula is C11H8Br2FN3O. The molecule has 1 aromatic carbocycles. The second kappa shape index (κ2) is 5.62. The summed E-state index contributed by atoms with van der Waals surface area (Å²) >= 11 is 6.43. The Kier molecular flexibility index (Phi) is 4.13. The third kappa shape index (κ3) is 2.97. The van der Waals surface area contributed by atoms with Crippen molar-refractivity contribution in [3.8, 4) is 11.6 Å². The minimum Gasteiger partial charge on any atom is -0.435 e. The zero-order chi connectivity index (χ0) is 13.1. The lowest BCUT2D eigenvalue weighted by Crippen LogP contribution is -1.99. The highest BCUT2D eigenvalue weighted by molar-refractivity contribution is 9.10. The Hall–Kier alpha value is -1.21. The first kappa shape index (κ1) is 13.2. The number of halogens is 3. The zero-order valence-electron chi connectivity index (χ0n) is 9.25. The molecule has 2 rings (SSSR count). The minimum absolute atomic E-state index is 0.0969. The lowest BCUT2D eigenvalue weighted by atomic mass is 10.3. The zero-order valence-corrected chi connectivity index (χ0v) is 12.4. The predicted molar refractivity (Wildman–Crippen MR) is 73.5 cm³/mol. The maximum Gasteiger partial charge on any atom is 0.238 e. The summed E-state index contributed by atoms with van der Waals surface area (Å²) in [5, 5.41) is 2.78. The van der Waals surface area contributed by atoms with E-state index >= 15 is 0 Å². The molecule has 18 heavy (non-hydrogen) atoms. The summed E-state index contributed by atoms with van der Waals surface area (Å²) in [5.74, 6) is 0.266. The van der Waals surface area contributed by atoms with E-state index in [9.17, 15) is 4.39 Å². The molecule has 1 heterocycles. The predicted octanol–water partition coefficient (Wildman–Crippen LogP) is 3.97. The van der Waals surface area contributed by atoms with Crippen molar-refractivity contribution in [1.29, 1.82) is 0 Å². The molecule has 0 aliphatic heterocycles. The molecule has 0 atom stereocenters. The SMILES string of the molecule is CNc1ncc(Br)c(Oc2ccc(Br)cc2F)n1. The van der Waals surface area contributed by atoms with Crippen LogP contribution in [0.4, 0.5) is 10.3 Å². The summed E-state index contributed by atoms with van der Waals surface area (Å²) < 4.78 is 20.2. The first-order chi connectivity index (χ1) is 8.60. The van der Waals surface area contributed by atoms with Gasteiger partial charge < -0.3 is 10.1 Å². The summed E-state index contributed by atoms with van der Waals surface area (Å²) in [7, 11) is 1.69. The summed E-state index contributed by atoms with van der Waals surface area (Å²) in [6.07, 6.45) is 1.53. The van der Waals surface area contributed by atoms with Crippen molar-refractivity contribution >= 4 is 37.8 Å². The Labute approximate surface area is 120 Å². The lowest BCUT2D eigenvalue weighted by molar-refractivity contribution is 0.424. The van der Waals surface area contributed by atoms with Gasteiger partial charge >= 0.3 is 0 Å². The Bertz CT molecular complexity index is 580. The van der Waals surface area contributed by atoms with Gasteiger partial charge in [-0.25, -0.2) is 9.37 Å². The van der Waals surface area contributed by atoms with Crippen molar-refractivity contribution in [1.82, 2.24) is 9.97 Å². The molecule has 94 valence electrons. The fraction of sp³-hybridized carbons (Fsp3) is 0.0909. The Morgan fingerprint density at radius 2 is 2.11 bits per heavy atom. The normalized spacial score (nSPS) is 10.2. The number of aromatic nitrogens is 2. The average Bonchev–Trinajstić information content (AvgIpc) is 2.35. The molecule has 0 saturated heterocycles. The number of anilines is 1. The molecule has 0 bridgehead atoms. The molecule has 4 nitrogen and oxygen atoms in total. The van der Waals surface area contributed by atoms with Gasteiger partial charge in [0.15, 0.2) is 11.6 Å². The molecule has 0 saturated carbocycles. The maximum absolute atomic E-state index is 13.6. The monoisotopic (exact) mass is 375 g/mol. The summed E-state index contributed by atoms with van der Waals surface area (Å²) in [4.78, 5) is 8.07. The molecule has 0 unspecified atom stereocenters. The molecule has 0 spiro atoms. The van der Waals surface area contributed by atoms with Crippen LogP contribution < -0.4 is 10.1 Å². The van der Waals surface area contributed by atoms with Gasteiger partial charge in [-0.15, -0.1) is 0 Å². The van der Waals surface area contributed by atoms with E-state index in [1.807, 2.05) is 0 Å². The van der Waals surface area contributed by atoms with E-state index in [0.717, 1.165) is 0 Å². The van der Waals surface area contributed by atoms with Gasteiger partial charge in [0.1, 0.15) is 0 Å². The Balaban J connectivity index is 2.33. The lowest BCUT2D eigenvalue weighted by Gasteiger charge is -2.08. The quantitative estimate of drug-likeness (QED) is 0.880. The van der Waals surface area contributed by atoms with Crippen molar-refractivity contribution in [2.24, 2.45) is 0 Å². The molecule has 0 fully saturated rings. The van der Waals surface area contributed by atoms with Gasteiger partial charge in [0, 0.05) is 11.5 Å². The van der Waals surface area contributed by atoms with Crippen molar-refractivity contribution in [3.05, 3.63) is 39.2 Å². The molecule has 0 amide bonds. The average molecular weight is 377 g/mol. The van der Waals surface area contributed by atoms with E-state index < -0.39 is 5.82 Å². The number of benzene rings is 1. The molecule has 0 aliphatic rings. The molecule has 0 aliphatic carbocycles. The first-order valence-corrected chi connectivity index (χ1v) is 6.52. The fourth-order valence-electron chi connectivity index (χ4n) is 1.21. The van der Waals surface area contributed by atoms with Crippen LogP contribution in [0.15, 0.2) is 33.3 Å². The maximum atomic E-state index is 13.6. The van der Waals surface area contributed by atoms with Crippen LogP contribution in [0.3, 0.4) is 0 Å². The highest BCUT2D eigenvalue weighted by Crippen LogP contribution is 2.30. The van der Waals surface area contributed by atoms with Crippen molar-refractivity contribution in [2.75, 3.05) is 12.4 Å². The highest BCUT2D eigenvalue weighted by atomic mass is 79.9. The van der Waals surface area contributed by atoms with Crippen LogP contribution in [0.25, 0.3) is 0 Å². The standard InChI is InChI=1S/C11H8Br2FN3O/c1-15-11-16-5-7(13)10(17-11)18-9-3-2-6(12)4-8(9)14/h2-5H,1H3,(H,15,16,17). The van der Waals surface area contributed by atoms with E-state index in [-0.39, 0.29) is 11.6 Å². The largest absolute Gasteiger partial charge is 0.435 e. The van der Waals surface area contributed by atoms with Gasteiger partial charge in [-0.3, -0.25) is 0 Å². The third-order valence-electron chi connectivity index (χ3n) is 2.04. The van der Waals surface area contributed by atoms with Crippen molar-refractivity contribution in [2.45, 2.75) is 0 Å². The first-order valence-electron chi connectivity index (χ1n) is 4.93. The molecule has 1 aromatic heterocycles. The Morgan fingerprint density at radius 1 is 1.33 bits per heavy atom. The third-order valence-corrected chi connectivity index (χ3v) is 3.07. The molecular weight excluding hydrogens is 369 g/mol. The molecule has 0 radical (unpaired) electrons. The van der Waals surface area contributed by atoms with Crippen LogP contribution in [0.1, 0.15) is 0 Å². The Morgan fingerprint density at radius 3 is 2.78 bits per heavy atom. The number of rotatable bonds is 3. The number of hydrogen-bond donors (Lipinski definition) is 1. The van der Waals surface area contributed by atoms with Gasteiger partial charge in [-0.05, 0) is 34.1 Å². The van der Waals surface area contributed by atoms with Gasteiger partial charge in [0.25, 0.3) is 0 Å². The molecule has 7 heteroatoms. The minimum atomic E-state index is -0.471. The number of nitrogens with one attached hydrogen (secondary N) is 1. The van der Waals surface area contributed by atoms with Gasteiger partial charge in [0.2, 0.25) is 11.8 Å². The highest BCUT2D eigenvalue weighted by Gasteiger charge is 2.10. The number of hydrogen-bond acceptors (Lipinski definition) is 4. The van der Waals surface area contributed by atoms with Gasteiger partial charge in [-0.2, -0.15) is 4.98 Å². The molecule has 2 aromatic rings. The summed E-state index contributed by atoms with van der Waals surface area (Å²) in [5.41, 5.74) is 0. The van der Waals surface area contributed by atoms with Crippen molar-refractivity contribution < 1.29 is 9.13 Å².